The van der Waals surface area contributed by atoms with Crippen LogP contribution in [0.4, 0.5) is 0 Å². The molecule has 1 heterocycles. The number of aryl methyl sites for hydroxylation is 1. The molecule has 0 aliphatic rings. The van der Waals surface area contributed by atoms with Gasteiger partial charge in [0.05, 0.1) is 28.0 Å². The number of thiazole rings is 1. The van der Waals surface area contributed by atoms with Crippen molar-refractivity contribution in [1.29, 1.82) is 0 Å². The number of nitrogens with zero attached hydrogens (tertiary/aromatic N) is 2. The number of ether oxygens (including phenoxy) is 1. The maximum atomic E-state index is 12.4. The van der Waals surface area contributed by atoms with Gasteiger partial charge in [0.1, 0.15) is 5.75 Å². The highest BCUT2D eigenvalue weighted by Gasteiger charge is 2.16. The summed E-state index contributed by atoms with van der Waals surface area (Å²) >= 11 is 3.12. The summed E-state index contributed by atoms with van der Waals surface area (Å²) < 4.78 is 33.1. The molecular weight excluding hydrogens is 428 g/mol. The molecular formula is C20H22N2O4S3. The van der Waals surface area contributed by atoms with Crippen LogP contribution in [0.1, 0.15) is 6.42 Å². The molecule has 2 aromatic carbocycles. The van der Waals surface area contributed by atoms with E-state index in [4.69, 9.17) is 4.74 Å². The number of amides is 1. The fourth-order valence-electron chi connectivity index (χ4n) is 2.79. The number of carbonyl (C=O) groups is 1. The predicted molar refractivity (Wildman–Crippen MR) is 118 cm³/mol. The Balaban J connectivity index is 1.87. The van der Waals surface area contributed by atoms with Crippen molar-refractivity contribution in [3.05, 3.63) is 53.3 Å². The predicted octanol–water partition coefficient (Wildman–Crippen LogP) is 3.37. The number of aromatic nitrogens is 1. The first-order valence-corrected chi connectivity index (χ1v) is 12.8. The summed E-state index contributed by atoms with van der Waals surface area (Å²) in [5, 5.41) is 0. The minimum Gasteiger partial charge on any atom is -0.497 e. The number of sulfone groups is 1. The third kappa shape index (κ3) is 5.29. The molecule has 1 amide bonds. The lowest BCUT2D eigenvalue weighted by Crippen LogP contribution is -2.19. The van der Waals surface area contributed by atoms with Gasteiger partial charge < -0.3 is 9.30 Å². The van der Waals surface area contributed by atoms with Gasteiger partial charge in [0.2, 0.25) is 5.91 Å². The Morgan fingerprint density at radius 3 is 2.66 bits per heavy atom. The topological polar surface area (TPSA) is 77.7 Å². The van der Waals surface area contributed by atoms with E-state index in [1.54, 1.807) is 37.1 Å². The van der Waals surface area contributed by atoms with Crippen molar-refractivity contribution in [2.24, 2.45) is 4.99 Å². The molecule has 3 aromatic rings. The van der Waals surface area contributed by atoms with Crippen LogP contribution < -0.4 is 9.54 Å². The molecule has 6 nitrogen and oxygen atoms in total. The van der Waals surface area contributed by atoms with Crippen LogP contribution in [0.3, 0.4) is 0 Å². The van der Waals surface area contributed by atoms with Crippen LogP contribution in [0.15, 0.2) is 58.4 Å². The zero-order valence-electron chi connectivity index (χ0n) is 16.2. The zero-order valence-corrected chi connectivity index (χ0v) is 18.6. The smallest absolute Gasteiger partial charge is 0.249 e. The molecule has 0 spiro atoms. The van der Waals surface area contributed by atoms with Crippen LogP contribution in [-0.4, -0.2) is 43.8 Å². The Morgan fingerprint density at radius 2 is 1.97 bits per heavy atom. The molecule has 0 atom stereocenters. The Kier molecular flexibility index (Phi) is 7.15. The van der Waals surface area contributed by atoms with Gasteiger partial charge in [-0.25, -0.2) is 8.42 Å². The lowest BCUT2D eigenvalue weighted by atomic mass is 10.3. The van der Waals surface area contributed by atoms with Gasteiger partial charge in [0.15, 0.2) is 14.6 Å². The molecule has 0 aliphatic carbocycles. The molecule has 0 fully saturated rings. The van der Waals surface area contributed by atoms with Crippen molar-refractivity contribution < 1.29 is 17.9 Å². The van der Waals surface area contributed by atoms with Crippen molar-refractivity contribution in [3.63, 3.8) is 0 Å². The van der Waals surface area contributed by atoms with Crippen LogP contribution >= 0.6 is 23.1 Å². The fraction of sp³-hybridized carbons (Fsp3) is 0.300. The molecule has 0 saturated carbocycles. The average molecular weight is 451 g/mol. The summed E-state index contributed by atoms with van der Waals surface area (Å²) in [6, 6.07) is 13.9. The van der Waals surface area contributed by atoms with Crippen molar-refractivity contribution in [1.82, 2.24) is 4.57 Å². The van der Waals surface area contributed by atoms with E-state index in [1.807, 2.05) is 29.0 Å². The molecule has 0 saturated heterocycles. The average Bonchev–Trinajstić information content (AvgIpc) is 3.07. The summed E-state index contributed by atoms with van der Waals surface area (Å²) in [4.78, 5) is 17.5. The van der Waals surface area contributed by atoms with Gasteiger partial charge in [-0.15, -0.1) is 0 Å². The highest BCUT2D eigenvalue weighted by molar-refractivity contribution is 7.98. The quantitative estimate of drug-likeness (QED) is 0.526. The lowest BCUT2D eigenvalue weighted by Gasteiger charge is -2.05. The molecule has 0 bridgehead atoms. The van der Waals surface area contributed by atoms with Crippen molar-refractivity contribution in [2.45, 2.75) is 17.9 Å². The number of thioether (sulfide) groups is 1. The van der Waals surface area contributed by atoms with Gasteiger partial charge in [-0.3, -0.25) is 4.79 Å². The van der Waals surface area contributed by atoms with Crippen LogP contribution in [0, 0.1) is 0 Å². The lowest BCUT2D eigenvalue weighted by molar-refractivity contribution is -0.117. The van der Waals surface area contributed by atoms with E-state index in [0.717, 1.165) is 21.7 Å². The number of rotatable bonds is 8. The minimum atomic E-state index is -3.51. The number of hydrogen-bond acceptors (Lipinski definition) is 6. The first-order valence-electron chi connectivity index (χ1n) is 8.96. The summed E-state index contributed by atoms with van der Waals surface area (Å²) in [5.41, 5.74) is 0.951. The molecule has 154 valence electrons. The largest absolute Gasteiger partial charge is 0.497 e. The van der Waals surface area contributed by atoms with Gasteiger partial charge in [-0.05, 0) is 30.5 Å². The van der Waals surface area contributed by atoms with E-state index in [2.05, 4.69) is 4.99 Å². The third-order valence-corrected chi connectivity index (χ3v) is 7.70. The molecule has 0 unspecified atom stereocenters. The van der Waals surface area contributed by atoms with E-state index in [9.17, 15) is 13.2 Å². The Bertz CT molecular complexity index is 1170. The molecule has 0 aliphatic heterocycles. The molecule has 0 radical (unpaired) electrons. The van der Waals surface area contributed by atoms with E-state index >= 15 is 0 Å². The Hall–Kier alpha value is -2.10. The van der Waals surface area contributed by atoms with Crippen molar-refractivity contribution in [2.75, 3.05) is 24.9 Å². The van der Waals surface area contributed by atoms with E-state index in [-0.39, 0.29) is 17.1 Å². The van der Waals surface area contributed by atoms with E-state index in [1.165, 1.54) is 23.5 Å². The van der Waals surface area contributed by atoms with E-state index in [0.29, 0.717) is 11.3 Å². The highest BCUT2D eigenvalue weighted by Crippen LogP contribution is 2.23. The number of carbonyl (C=O) groups excluding carboxylic acids is 1. The van der Waals surface area contributed by atoms with Gasteiger partial charge in [0, 0.05) is 24.8 Å². The van der Waals surface area contributed by atoms with Crippen LogP contribution in [0.2, 0.25) is 0 Å². The number of fused-ring (bicyclic) bond motifs is 1. The molecule has 9 heteroatoms. The first-order chi connectivity index (χ1) is 13.9. The van der Waals surface area contributed by atoms with Crippen molar-refractivity contribution in [3.8, 4) is 5.75 Å². The summed E-state index contributed by atoms with van der Waals surface area (Å²) in [6.45, 7) is 0.697. The highest BCUT2D eigenvalue weighted by atomic mass is 32.2. The van der Waals surface area contributed by atoms with Gasteiger partial charge >= 0.3 is 0 Å². The number of benzene rings is 2. The number of methoxy groups -OCH3 is 1. The minimum absolute atomic E-state index is 0.155. The van der Waals surface area contributed by atoms with E-state index < -0.39 is 15.7 Å². The standard InChI is InChI=1S/C20H22N2O4S3/c1-26-15-8-9-18-17(14-15)22(11-12-27-2)20(28-18)21-19(23)10-13-29(24,25)16-6-4-3-5-7-16/h3-9,14H,10-13H2,1-2H3. The van der Waals surface area contributed by atoms with Crippen molar-refractivity contribution >= 4 is 49.1 Å². The monoisotopic (exact) mass is 450 g/mol. The zero-order chi connectivity index (χ0) is 20.9. The maximum absolute atomic E-state index is 12.4. The second-order valence-electron chi connectivity index (χ2n) is 6.25. The second kappa shape index (κ2) is 9.60. The fourth-order valence-corrected chi connectivity index (χ4v) is 5.46. The van der Waals surface area contributed by atoms with Gasteiger partial charge in [0.25, 0.3) is 0 Å². The summed E-state index contributed by atoms with van der Waals surface area (Å²) in [7, 11) is -1.90. The van der Waals surface area contributed by atoms with Crippen LogP contribution in [-0.2, 0) is 21.2 Å². The Labute approximate surface area is 178 Å². The second-order valence-corrected chi connectivity index (χ2v) is 10.4. The summed E-state index contributed by atoms with van der Waals surface area (Å²) in [6.07, 6.45) is 1.86. The summed E-state index contributed by atoms with van der Waals surface area (Å²) in [5.74, 6) is 0.899. The molecule has 3 rings (SSSR count). The number of hydrogen-bond donors (Lipinski definition) is 0. The van der Waals surface area contributed by atoms with Crippen LogP contribution in [0.25, 0.3) is 10.2 Å². The van der Waals surface area contributed by atoms with Gasteiger partial charge in [-0.2, -0.15) is 16.8 Å². The van der Waals surface area contributed by atoms with Crippen LogP contribution in [0.5, 0.6) is 5.75 Å². The third-order valence-electron chi connectivity index (χ3n) is 4.32. The Morgan fingerprint density at radius 1 is 1.21 bits per heavy atom. The molecule has 0 N–H and O–H groups in total. The molecule has 1 aromatic heterocycles. The molecule has 29 heavy (non-hydrogen) atoms. The maximum Gasteiger partial charge on any atom is 0.249 e. The normalized spacial score (nSPS) is 12.4. The van der Waals surface area contributed by atoms with Gasteiger partial charge in [-0.1, -0.05) is 29.5 Å². The first kappa shape index (κ1) is 21.6. The SMILES string of the molecule is COc1ccc2sc(=NC(=O)CCS(=O)(=O)c3ccccc3)n(CCSC)c2c1.